The van der Waals surface area contributed by atoms with Crippen LogP contribution in [0.5, 0.6) is 5.75 Å². The highest BCUT2D eigenvalue weighted by Gasteiger charge is 2.22. The van der Waals surface area contributed by atoms with Crippen molar-refractivity contribution in [2.24, 2.45) is 0 Å². The molecule has 108 valence electrons. The number of fused-ring (bicyclic) bond motifs is 1. The molecule has 0 bridgehead atoms. The number of hydrogen-bond donors (Lipinski definition) is 1. The van der Waals surface area contributed by atoms with E-state index in [2.05, 4.69) is 21.0 Å². The highest BCUT2D eigenvalue weighted by atomic mass is 79.9. The number of nitrogens with zero attached hydrogens (tertiary/aromatic N) is 2. The van der Waals surface area contributed by atoms with Crippen LogP contribution in [0.15, 0.2) is 16.7 Å². The first-order valence-corrected chi connectivity index (χ1v) is 7.50. The Hall–Kier alpha value is -1.11. The van der Waals surface area contributed by atoms with Gasteiger partial charge in [0.2, 0.25) is 0 Å². The number of methoxy groups -OCH3 is 1. The molecule has 0 amide bonds. The summed E-state index contributed by atoms with van der Waals surface area (Å²) < 4.78 is 13.8. The summed E-state index contributed by atoms with van der Waals surface area (Å²) >= 11 is 3.50. The number of hydrogen-bond acceptors (Lipinski definition) is 4. The Kier molecular flexibility index (Phi) is 3.96. The second kappa shape index (κ2) is 5.71. The third-order valence-electron chi connectivity index (χ3n) is 3.68. The van der Waals surface area contributed by atoms with Crippen LogP contribution in [-0.4, -0.2) is 28.6 Å². The summed E-state index contributed by atoms with van der Waals surface area (Å²) in [5, 5.41) is 15.1. The molecule has 1 fully saturated rings. The maximum atomic E-state index is 9.71. The lowest BCUT2D eigenvalue weighted by molar-refractivity contribution is -0.0368. The van der Waals surface area contributed by atoms with E-state index in [-0.39, 0.29) is 12.8 Å². The fraction of sp³-hybridized carbons (Fsp3) is 0.500. The predicted molar refractivity (Wildman–Crippen MR) is 78.7 cm³/mol. The van der Waals surface area contributed by atoms with E-state index in [0.29, 0.717) is 5.75 Å². The molecule has 0 saturated carbocycles. The van der Waals surface area contributed by atoms with Crippen LogP contribution in [0.4, 0.5) is 0 Å². The minimum Gasteiger partial charge on any atom is -0.496 e. The zero-order valence-electron chi connectivity index (χ0n) is 11.3. The molecule has 1 saturated heterocycles. The standard InChI is InChI=1S/C14H17BrN2O3/c1-19-11-6-9-7-16-17(12-4-2-3-5-20-12)14(9)10(8-18)13(11)15/h6-7,12,18H,2-5,8H2,1H3. The highest BCUT2D eigenvalue weighted by Crippen LogP contribution is 2.37. The minimum atomic E-state index is -0.0767. The first-order chi connectivity index (χ1) is 9.76. The summed E-state index contributed by atoms with van der Waals surface area (Å²) in [7, 11) is 1.61. The van der Waals surface area contributed by atoms with Crippen molar-refractivity contribution in [2.45, 2.75) is 32.1 Å². The van der Waals surface area contributed by atoms with Crippen LogP contribution in [0, 0.1) is 0 Å². The first-order valence-electron chi connectivity index (χ1n) is 6.71. The maximum Gasteiger partial charge on any atom is 0.150 e. The second-order valence-corrected chi connectivity index (χ2v) is 5.67. The van der Waals surface area contributed by atoms with Gasteiger partial charge in [0.05, 0.1) is 29.9 Å². The SMILES string of the molecule is COc1cc2cnn(C3CCCCO3)c2c(CO)c1Br. The van der Waals surface area contributed by atoms with E-state index in [9.17, 15) is 5.11 Å². The number of aromatic nitrogens is 2. The Morgan fingerprint density at radius 1 is 1.55 bits per heavy atom. The molecule has 1 atom stereocenters. The van der Waals surface area contributed by atoms with Crippen LogP contribution in [-0.2, 0) is 11.3 Å². The van der Waals surface area contributed by atoms with Gasteiger partial charge >= 0.3 is 0 Å². The third kappa shape index (κ3) is 2.21. The van der Waals surface area contributed by atoms with E-state index in [1.165, 1.54) is 0 Å². The Bertz CT molecular complexity index is 620. The van der Waals surface area contributed by atoms with Gasteiger partial charge in [-0.25, -0.2) is 4.68 Å². The van der Waals surface area contributed by atoms with Crippen molar-refractivity contribution in [2.75, 3.05) is 13.7 Å². The van der Waals surface area contributed by atoms with Crippen LogP contribution in [0.25, 0.3) is 10.9 Å². The lowest BCUT2D eigenvalue weighted by Crippen LogP contribution is -2.19. The molecule has 2 aromatic rings. The fourth-order valence-corrected chi connectivity index (χ4v) is 3.27. The van der Waals surface area contributed by atoms with Gasteiger partial charge < -0.3 is 14.6 Å². The molecule has 0 radical (unpaired) electrons. The topological polar surface area (TPSA) is 56.5 Å². The number of aliphatic hydroxyl groups is 1. The number of aliphatic hydroxyl groups excluding tert-OH is 1. The molecule has 2 heterocycles. The van der Waals surface area contributed by atoms with Gasteiger partial charge in [-0.2, -0.15) is 5.10 Å². The Morgan fingerprint density at radius 3 is 3.05 bits per heavy atom. The summed E-state index contributed by atoms with van der Waals surface area (Å²) in [4.78, 5) is 0. The van der Waals surface area contributed by atoms with Crippen LogP contribution in [0.3, 0.4) is 0 Å². The molecule has 5 nitrogen and oxygen atoms in total. The largest absolute Gasteiger partial charge is 0.496 e. The monoisotopic (exact) mass is 340 g/mol. The highest BCUT2D eigenvalue weighted by molar-refractivity contribution is 9.10. The number of rotatable bonds is 3. The van der Waals surface area contributed by atoms with Crippen molar-refractivity contribution >= 4 is 26.8 Å². The summed E-state index contributed by atoms with van der Waals surface area (Å²) in [5.74, 6) is 0.700. The van der Waals surface area contributed by atoms with E-state index in [1.54, 1.807) is 13.3 Å². The normalized spacial score (nSPS) is 19.4. The van der Waals surface area contributed by atoms with Gasteiger partial charge in [-0.1, -0.05) is 0 Å². The molecular weight excluding hydrogens is 324 g/mol. The van der Waals surface area contributed by atoms with Crippen LogP contribution >= 0.6 is 15.9 Å². The lowest BCUT2D eigenvalue weighted by Gasteiger charge is -2.24. The molecule has 1 aliphatic heterocycles. The number of halogens is 1. The molecular formula is C14H17BrN2O3. The lowest BCUT2D eigenvalue weighted by atomic mass is 10.1. The molecule has 6 heteroatoms. The molecule has 3 rings (SSSR count). The van der Waals surface area contributed by atoms with E-state index in [1.807, 2.05) is 10.7 Å². The van der Waals surface area contributed by atoms with Crippen molar-refractivity contribution in [3.05, 3.63) is 22.3 Å². The van der Waals surface area contributed by atoms with Crippen molar-refractivity contribution in [3.8, 4) is 5.75 Å². The van der Waals surface area contributed by atoms with Crippen LogP contribution < -0.4 is 4.74 Å². The summed E-state index contributed by atoms with van der Waals surface area (Å²) in [6.07, 6.45) is 4.93. The summed E-state index contributed by atoms with van der Waals surface area (Å²) in [6.45, 7) is 0.685. The van der Waals surface area contributed by atoms with E-state index in [4.69, 9.17) is 9.47 Å². The van der Waals surface area contributed by atoms with Crippen molar-refractivity contribution in [1.82, 2.24) is 9.78 Å². The molecule has 0 spiro atoms. The molecule has 1 aliphatic rings. The van der Waals surface area contributed by atoms with Crippen LogP contribution in [0.2, 0.25) is 0 Å². The van der Waals surface area contributed by atoms with E-state index >= 15 is 0 Å². The smallest absolute Gasteiger partial charge is 0.150 e. The van der Waals surface area contributed by atoms with Crippen molar-refractivity contribution in [1.29, 1.82) is 0 Å². The van der Waals surface area contributed by atoms with Gasteiger partial charge in [0.25, 0.3) is 0 Å². The minimum absolute atomic E-state index is 0.0492. The summed E-state index contributed by atoms with van der Waals surface area (Å²) in [6, 6.07) is 1.92. The van der Waals surface area contributed by atoms with Gasteiger partial charge in [0, 0.05) is 17.6 Å². The van der Waals surface area contributed by atoms with Crippen molar-refractivity contribution < 1.29 is 14.6 Å². The van der Waals surface area contributed by atoms with Gasteiger partial charge in [-0.15, -0.1) is 0 Å². The Morgan fingerprint density at radius 2 is 2.40 bits per heavy atom. The quantitative estimate of drug-likeness (QED) is 0.933. The Labute approximate surface area is 125 Å². The zero-order valence-corrected chi connectivity index (χ0v) is 12.9. The van der Waals surface area contributed by atoms with Crippen LogP contribution in [0.1, 0.15) is 31.1 Å². The van der Waals surface area contributed by atoms with E-state index < -0.39 is 0 Å². The average molecular weight is 341 g/mol. The molecule has 1 aromatic heterocycles. The summed E-state index contributed by atoms with van der Waals surface area (Å²) in [5.41, 5.74) is 1.69. The molecule has 1 N–H and O–H groups in total. The fourth-order valence-electron chi connectivity index (χ4n) is 2.68. The van der Waals surface area contributed by atoms with Gasteiger partial charge in [0.15, 0.2) is 6.23 Å². The molecule has 1 unspecified atom stereocenters. The number of benzene rings is 1. The van der Waals surface area contributed by atoms with Gasteiger partial charge in [-0.3, -0.25) is 0 Å². The molecule has 1 aromatic carbocycles. The van der Waals surface area contributed by atoms with Gasteiger partial charge in [0.1, 0.15) is 5.75 Å². The maximum absolute atomic E-state index is 9.71. The average Bonchev–Trinajstić information content (AvgIpc) is 2.91. The Balaban J connectivity index is 2.17. The van der Waals surface area contributed by atoms with Crippen molar-refractivity contribution in [3.63, 3.8) is 0 Å². The third-order valence-corrected chi connectivity index (χ3v) is 4.55. The zero-order chi connectivity index (χ0) is 14.1. The predicted octanol–water partition coefficient (Wildman–Crippen LogP) is 3.00. The second-order valence-electron chi connectivity index (χ2n) is 4.88. The molecule has 0 aliphatic carbocycles. The first kappa shape index (κ1) is 13.9. The van der Waals surface area contributed by atoms with E-state index in [0.717, 1.165) is 46.8 Å². The van der Waals surface area contributed by atoms with Gasteiger partial charge in [-0.05, 0) is 41.3 Å². The number of ether oxygens (including phenoxy) is 2. The molecule has 20 heavy (non-hydrogen) atoms.